The Kier molecular flexibility index (Phi) is 4.95. The standard InChI is InChI=1S/C16H21N3O3S/c20-13(17-11-6-4-2-1-3-5-7-11)10-19-15(21)14-12(8-9-23-14)18-16(19)22/h8-9,11H,1-7,10H2,(H,17,20)(H,18,22). The van der Waals surface area contributed by atoms with E-state index in [-0.39, 0.29) is 18.5 Å². The van der Waals surface area contributed by atoms with Crippen LogP contribution in [0.1, 0.15) is 44.9 Å². The molecular weight excluding hydrogens is 314 g/mol. The molecule has 0 aliphatic heterocycles. The lowest BCUT2D eigenvalue weighted by Crippen LogP contribution is -2.43. The highest BCUT2D eigenvalue weighted by Crippen LogP contribution is 2.17. The highest BCUT2D eigenvalue weighted by atomic mass is 32.1. The fourth-order valence-electron chi connectivity index (χ4n) is 3.13. The van der Waals surface area contributed by atoms with Crippen LogP contribution in [0.5, 0.6) is 0 Å². The number of amides is 1. The molecule has 0 spiro atoms. The predicted octanol–water partition coefficient (Wildman–Crippen LogP) is 1.98. The minimum absolute atomic E-state index is 0.156. The molecule has 1 aliphatic carbocycles. The summed E-state index contributed by atoms with van der Waals surface area (Å²) in [4.78, 5) is 39.2. The lowest BCUT2D eigenvalue weighted by Gasteiger charge is -2.21. The number of fused-ring (bicyclic) bond motifs is 1. The second kappa shape index (κ2) is 7.12. The van der Waals surface area contributed by atoms with Gasteiger partial charge in [0.05, 0.1) is 5.52 Å². The van der Waals surface area contributed by atoms with Gasteiger partial charge in [-0.05, 0) is 24.3 Å². The molecule has 6 nitrogen and oxygen atoms in total. The number of thiophene rings is 1. The quantitative estimate of drug-likeness (QED) is 0.899. The van der Waals surface area contributed by atoms with Gasteiger partial charge in [-0.1, -0.05) is 32.1 Å². The van der Waals surface area contributed by atoms with Gasteiger partial charge in [0.15, 0.2) is 0 Å². The summed E-state index contributed by atoms with van der Waals surface area (Å²) in [6, 6.07) is 1.85. The first-order valence-corrected chi connectivity index (χ1v) is 9.03. The molecular formula is C16H21N3O3S. The van der Waals surface area contributed by atoms with Gasteiger partial charge in [-0.2, -0.15) is 0 Å². The minimum atomic E-state index is -0.534. The van der Waals surface area contributed by atoms with Crippen molar-refractivity contribution >= 4 is 27.5 Å². The van der Waals surface area contributed by atoms with Gasteiger partial charge in [-0.3, -0.25) is 9.59 Å². The number of H-pyrrole nitrogens is 1. The predicted molar refractivity (Wildman–Crippen MR) is 91.0 cm³/mol. The molecule has 1 saturated carbocycles. The van der Waals surface area contributed by atoms with Crippen molar-refractivity contribution in [2.75, 3.05) is 0 Å². The average molecular weight is 335 g/mol. The van der Waals surface area contributed by atoms with E-state index in [0.29, 0.717) is 10.2 Å². The maximum absolute atomic E-state index is 12.3. The first-order chi connectivity index (χ1) is 11.1. The van der Waals surface area contributed by atoms with E-state index >= 15 is 0 Å². The number of carbonyl (C=O) groups is 1. The van der Waals surface area contributed by atoms with Gasteiger partial charge in [-0.15, -0.1) is 11.3 Å². The lowest BCUT2D eigenvalue weighted by atomic mass is 9.97. The van der Waals surface area contributed by atoms with E-state index < -0.39 is 11.2 Å². The largest absolute Gasteiger partial charge is 0.352 e. The second-order valence-electron chi connectivity index (χ2n) is 6.09. The Labute approximate surface area is 137 Å². The molecule has 1 amide bonds. The van der Waals surface area contributed by atoms with Gasteiger partial charge in [-0.25, -0.2) is 9.36 Å². The number of nitrogens with one attached hydrogen (secondary N) is 2. The Morgan fingerprint density at radius 3 is 2.65 bits per heavy atom. The molecule has 1 aliphatic rings. The summed E-state index contributed by atoms with van der Waals surface area (Å²) in [6.07, 6.45) is 7.87. The van der Waals surface area contributed by atoms with E-state index in [1.807, 2.05) is 0 Å². The van der Waals surface area contributed by atoms with E-state index in [9.17, 15) is 14.4 Å². The van der Waals surface area contributed by atoms with Crippen molar-refractivity contribution in [2.24, 2.45) is 0 Å². The van der Waals surface area contributed by atoms with Crippen molar-refractivity contribution in [3.63, 3.8) is 0 Å². The molecule has 3 rings (SSSR count). The van der Waals surface area contributed by atoms with Crippen LogP contribution in [0.2, 0.25) is 0 Å². The van der Waals surface area contributed by atoms with Crippen molar-refractivity contribution in [1.82, 2.24) is 14.9 Å². The summed E-state index contributed by atoms with van der Waals surface area (Å²) < 4.78 is 1.46. The van der Waals surface area contributed by atoms with Crippen molar-refractivity contribution in [2.45, 2.75) is 57.5 Å². The van der Waals surface area contributed by atoms with E-state index in [1.165, 1.54) is 30.6 Å². The highest BCUT2D eigenvalue weighted by Gasteiger charge is 2.16. The van der Waals surface area contributed by atoms with Crippen LogP contribution in [0.15, 0.2) is 21.0 Å². The van der Waals surface area contributed by atoms with Crippen LogP contribution in [0.25, 0.3) is 10.2 Å². The molecule has 0 saturated heterocycles. The van der Waals surface area contributed by atoms with Gasteiger partial charge in [0.1, 0.15) is 11.2 Å². The summed E-state index contributed by atoms with van der Waals surface area (Å²) in [5, 5.41) is 4.73. The van der Waals surface area contributed by atoms with Gasteiger partial charge in [0, 0.05) is 6.04 Å². The zero-order valence-electron chi connectivity index (χ0n) is 13.0. The summed E-state index contributed by atoms with van der Waals surface area (Å²) in [5.41, 5.74) is -0.401. The van der Waals surface area contributed by atoms with Crippen molar-refractivity contribution in [3.05, 3.63) is 32.3 Å². The smallest absolute Gasteiger partial charge is 0.329 e. The van der Waals surface area contributed by atoms with Crippen LogP contribution in [-0.4, -0.2) is 21.5 Å². The van der Waals surface area contributed by atoms with Gasteiger partial charge in [0.2, 0.25) is 5.91 Å². The van der Waals surface area contributed by atoms with Crippen molar-refractivity contribution in [1.29, 1.82) is 0 Å². The molecule has 1 fully saturated rings. The number of hydrogen-bond acceptors (Lipinski definition) is 4. The molecule has 0 atom stereocenters. The van der Waals surface area contributed by atoms with E-state index in [0.717, 1.165) is 30.3 Å². The summed E-state index contributed by atoms with van der Waals surface area (Å²) in [6.45, 7) is -0.224. The lowest BCUT2D eigenvalue weighted by molar-refractivity contribution is -0.122. The van der Waals surface area contributed by atoms with E-state index in [1.54, 1.807) is 11.4 Å². The SMILES string of the molecule is O=C(Cn1c(=O)[nH]c2ccsc2c1=O)NC1CCCCCCC1. The summed E-state index contributed by atoms with van der Waals surface area (Å²) >= 11 is 1.27. The van der Waals surface area contributed by atoms with Crippen LogP contribution in [0.4, 0.5) is 0 Å². The van der Waals surface area contributed by atoms with Crippen molar-refractivity contribution < 1.29 is 4.79 Å². The zero-order valence-corrected chi connectivity index (χ0v) is 13.8. The number of hydrogen-bond donors (Lipinski definition) is 2. The van der Waals surface area contributed by atoms with Gasteiger partial charge < -0.3 is 10.3 Å². The number of aromatic amines is 1. The van der Waals surface area contributed by atoms with E-state index in [4.69, 9.17) is 0 Å². The topological polar surface area (TPSA) is 84.0 Å². The third-order valence-electron chi connectivity index (χ3n) is 4.36. The first kappa shape index (κ1) is 16.0. The van der Waals surface area contributed by atoms with Gasteiger partial charge >= 0.3 is 5.69 Å². The first-order valence-electron chi connectivity index (χ1n) is 8.15. The Morgan fingerprint density at radius 1 is 1.22 bits per heavy atom. The number of nitrogens with zero attached hydrogens (tertiary/aromatic N) is 1. The normalized spacial score (nSPS) is 16.9. The summed E-state index contributed by atoms with van der Waals surface area (Å²) in [5.74, 6) is -0.265. The van der Waals surface area contributed by atoms with Crippen LogP contribution in [0.3, 0.4) is 0 Å². The molecule has 0 unspecified atom stereocenters. The van der Waals surface area contributed by atoms with Crippen LogP contribution in [0, 0.1) is 0 Å². The van der Waals surface area contributed by atoms with Crippen LogP contribution < -0.4 is 16.6 Å². The zero-order chi connectivity index (χ0) is 16.2. The number of aromatic nitrogens is 2. The maximum Gasteiger partial charge on any atom is 0.329 e. The molecule has 2 N–H and O–H groups in total. The van der Waals surface area contributed by atoms with Crippen LogP contribution in [-0.2, 0) is 11.3 Å². The molecule has 2 aromatic rings. The Bertz CT molecular complexity index is 797. The Hall–Kier alpha value is -1.89. The molecule has 23 heavy (non-hydrogen) atoms. The fraction of sp³-hybridized carbons (Fsp3) is 0.562. The maximum atomic E-state index is 12.3. The molecule has 0 aromatic carbocycles. The molecule has 2 aromatic heterocycles. The Balaban J connectivity index is 1.72. The molecule has 2 heterocycles. The third kappa shape index (κ3) is 3.72. The molecule has 0 radical (unpaired) electrons. The van der Waals surface area contributed by atoms with Crippen LogP contribution >= 0.6 is 11.3 Å². The molecule has 0 bridgehead atoms. The molecule has 124 valence electrons. The minimum Gasteiger partial charge on any atom is -0.352 e. The fourth-order valence-corrected chi connectivity index (χ4v) is 3.93. The van der Waals surface area contributed by atoms with Crippen molar-refractivity contribution in [3.8, 4) is 0 Å². The number of rotatable bonds is 3. The third-order valence-corrected chi connectivity index (χ3v) is 5.27. The Morgan fingerprint density at radius 2 is 1.91 bits per heavy atom. The number of carbonyl (C=O) groups excluding carboxylic acids is 1. The van der Waals surface area contributed by atoms with Gasteiger partial charge in [0.25, 0.3) is 5.56 Å². The van der Waals surface area contributed by atoms with E-state index in [2.05, 4.69) is 10.3 Å². The second-order valence-corrected chi connectivity index (χ2v) is 7.01. The molecule has 7 heteroatoms. The average Bonchev–Trinajstić information content (AvgIpc) is 2.94. The monoisotopic (exact) mass is 335 g/mol. The summed E-state index contributed by atoms with van der Waals surface area (Å²) in [7, 11) is 0. The highest BCUT2D eigenvalue weighted by molar-refractivity contribution is 7.17.